The van der Waals surface area contributed by atoms with Gasteiger partial charge in [-0.1, -0.05) is 0 Å². The van der Waals surface area contributed by atoms with Crippen LogP contribution < -0.4 is 5.73 Å². The van der Waals surface area contributed by atoms with Crippen molar-refractivity contribution in [3.8, 4) is 0 Å². The SMILES string of the molecule is COC(=O)C(N)CSCc1c(F)c(F)c(F)c(F)c1F. The summed E-state index contributed by atoms with van der Waals surface area (Å²) in [6, 6.07) is -1.05. The summed E-state index contributed by atoms with van der Waals surface area (Å²) >= 11 is 0.748. The Balaban J connectivity index is 2.82. The van der Waals surface area contributed by atoms with Gasteiger partial charge in [0.05, 0.1) is 7.11 Å². The molecule has 0 aromatic heterocycles. The van der Waals surface area contributed by atoms with Crippen molar-refractivity contribution in [3.63, 3.8) is 0 Å². The Morgan fingerprint density at radius 2 is 1.55 bits per heavy atom. The zero-order valence-electron chi connectivity index (χ0n) is 10.2. The Morgan fingerprint density at radius 1 is 1.10 bits per heavy atom. The first-order chi connectivity index (χ1) is 9.31. The number of rotatable bonds is 5. The molecule has 0 bridgehead atoms. The van der Waals surface area contributed by atoms with Gasteiger partial charge < -0.3 is 10.5 Å². The van der Waals surface area contributed by atoms with Gasteiger partial charge >= 0.3 is 5.97 Å². The molecular weight excluding hydrogens is 305 g/mol. The monoisotopic (exact) mass is 315 g/mol. The molecule has 0 aliphatic heterocycles. The van der Waals surface area contributed by atoms with Crippen LogP contribution in [-0.2, 0) is 15.3 Å². The number of hydrogen-bond acceptors (Lipinski definition) is 4. The van der Waals surface area contributed by atoms with Crippen LogP contribution in [0.15, 0.2) is 0 Å². The van der Waals surface area contributed by atoms with Crippen molar-refractivity contribution >= 4 is 17.7 Å². The predicted molar refractivity (Wildman–Crippen MR) is 62.4 cm³/mol. The minimum Gasteiger partial charge on any atom is -0.468 e. The van der Waals surface area contributed by atoms with Crippen molar-refractivity contribution in [2.45, 2.75) is 11.8 Å². The summed E-state index contributed by atoms with van der Waals surface area (Å²) in [5.41, 5.74) is 4.41. The third-order valence-corrected chi connectivity index (χ3v) is 3.44. The molecule has 0 spiro atoms. The van der Waals surface area contributed by atoms with Crippen molar-refractivity contribution in [2.75, 3.05) is 12.9 Å². The summed E-state index contributed by atoms with van der Waals surface area (Å²) in [7, 11) is 1.11. The molecule has 1 atom stereocenters. The second kappa shape index (κ2) is 6.89. The molecule has 0 saturated carbocycles. The van der Waals surface area contributed by atoms with Crippen LogP contribution in [0.3, 0.4) is 0 Å². The molecule has 0 heterocycles. The van der Waals surface area contributed by atoms with E-state index in [0.29, 0.717) is 0 Å². The van der Waals surface area contributed by atoms with Gasteiger partial charge in [0.25, 0.3) is 0 Å². The Morgan fingerprint density at radius 3 is 2.00 bits per heavy atom. The Bertz CT molecular complexity index is 497. The van der Waals surface area contributed by atoms with E-state index < -0.39 is 52.4 Å². The smallest absolute Gasteiger partial charge is 0.323 e. The fraction of sp³-hybridized carbons (Fsp3) is 0.364. The zero-order valence-corrected chi connectivity index (χ0v) is 11.0. The third-order valence-electron chi connectivity index (χ3n) is 2.35. The number of methoxy groups -OCH3 is 1. The average molecular weight is 315 g/mol. The van der Waals surface area contributed by atoms with E-state index in [4.69, 9.17) is 5.73 Å². The lowest BCUT2D eigenvalue weighted by Gasteiger charge is -2.10. The molecule has 0 fully saturated rings. The summed E-state index contributed by atoms with van der Waals surface area (Å²) in [6.07, 6.45) is 0. The van der Waals surface area contributed by atoms with Gasteiger partial charge in [-0.15, -0.1) is 0 Å². The molecule has 2 N–H and O–H groups in total. The number of ether oxygens (including phenoxy) is 1. The van der Waals surface area contributed by atoms with Crippen LogP contribution in [0.2, 0.25) is 0 Å². The summed E-state index contributed by atoms with van der Waals surface area (Å²) in [5.74, 6) is -11.3. The summed E-state index contributed by atoms with van der Waals surface area (Å²) in [5, 5.41) is 0. The van der Waals surface area contributed by atoms with E-state index in [-0.39, 0.29) is 5.75 Å². The quantitative estimate of drug-likeness (QED) is 0.391. The van der Waals surface area contributed by atoms with Crippen molar-refractivity contribution < 1.29 is 31.5 Å². The van der Waals surface area contributed by atoms with Gasteiger partial charge in [0, 0.05) is 17.1 Å². The van der Waals surface area contributed by atoms with Gasteiger partial charge in [-0.2, -0.15) is 11.8 Å². The molecule has 0 aliphatic rings. The molecule has 1 unspecified atom stereocenters. The minimum atomic E-state index is -2.21. The zero-order chi connectivity index (χ0) is 15.4. The molecule has 0 radical (unpaired) electrons. The predicted octanol–water partition coefficient (Wildman–Crippen LogP) is 2.12. The van der Waals surface area contributed by atoms with Crippen LogP contribution in [-0.4, -0.2) is 24.9 Å². The highest BCUT2D eigenvalue weighted by Crippen LogP contribution is 2.26. The van der Waals surface area contributed by atoms with Crippen LogP contribution in [0.4, 0.5) is 22.0 Å². The van der Waals surface area contributed by atoms with E-state index in [1.54, 1.807) is 0 Å². The number of hydrogen-bond donors (Lipinski definition) is 1. The average Bonchev–Trinajstić information content (AvgIpc) is 2.45. The molecule has 0 aliphatic carbocycles. The fourth-order valence-electron chi connectivity index (χ4n) is 1.28. The van der Waals surface area contributed by atoms with Crippen LogP contribution in [0.1, 0.15) is 5.56 Å². The molecule has 20 heavy (non-hydrogen) atoms. The van der Waals surface area contributed by atoms with E-state index in [1.807, 2.05) is 0 Å². The van der Waals surface area contributed by atoms with Gasteiger partial charge in [0.1, 0.15) is 6.04 Å². The first-order valence-electron chi connectivity index (χ1n) is 5.22. The van der Waals surface area contributed by atoms with E-state index in [2.05, 4.69) is 4.74 Å². The third kappa shape index (κ3) is 3.40. The van der Waals surface area contributed by atoms with Crippen LogP contribution >= 0.6 is 11.8 Å². The number of nitrogens with two attached hydrogens (primary N) is 1. The fourth-order valence-corrected chi connectivity index (χ4v) is 2.25. The van der Waals surface area contributed by atoms with Gasteiger partial charge in [-0.05, 0) is 0 Å². The molecule has 1 rings (SSSR count). The van der Waals surface area contributed by atoms with Crippen molar-refractivity contribution in [1.29, 1.82) is 0 Å². The van der Waals surface area contributed by atoms with E-state index in [0.717, 1.165) is 18.9 Å². The first kappa shape index (κ1) is 16.7. The first-order valence-corrected chi connectivity index (χ1v) is 6.38. The Kier molecular flexibility index (Phi) is 5.75. The molecule has 112 valence electrons. The van der Waals surface area contributed by atoms with E-state index in [1.165, 1.54) is 0 Å². The normalized spacial score (nSPS) is 12.3. The van der Waals surface area contributed by atoms with Gasteiger partial charge in [-0.3, -0.25) is 4.79 Å². The van der Waals surface area contributed by atoms with Crippen molar-refractivity contribution in [1.82, 2.24) is 0 Å². The van der Waals surface area contributed by atoms with Gasteiger partial charge in [0.2, 0.25) is 5.82 Å². The number of carbonyl (C=O) groups is 1. The highest BCUT2D eigenvalue weighted by molar-refractivity contribution is 7.98. The molecule has 0 amide bonds. The lowest BCUT2D eigenvalue weighted by atomic mass is 10.2. The number of halogens is 5. The molecular formula is C11H10F5NO2S. The highest BCUT2D eigenvalue weighted by atomic mass is 32.2. The minimum absolute atomic E-state index is 0.0911. The lowest BCUT2D eigenvalue weighted by Crippen LogP contribution is -2.33. The van der Waals surface area contributed by atoms with Crippen molar-refractivity contribution in [2.24, 2.45) is 5.73 Å². The summed E-state index contributed by atoms with van der Waals surface area (Å²) in [4.78, 5) is 11.0. The molecule has 3 nitrogen and oxygen atoms in total. The lowest BCUT2D eigenvalue weighted by molar-refractivity contribution is -0.141. The number of benzene rings is 1. The standard InChI is InChI=1S/C11H10F5NO2S/c1-19-11(18)5(17)3-20-2-4-6(12)8(14)10(16)9(15)7(4)13/h5H,2-3,17H2,1H3. The Hall–Kier alpha value is -1.35. The molecule has 0 saturated heterocycles. The number of esters is 1. The van der Waals surface area contributed by atoms with Crippen LogP contribution in [0.5, 0.6) is 0 Å². The maximum Gasteiger partial charge on any atom is 0.323 e. The van der Waals surface area contributed by atoms with Gasteiger partial charge in [-0.25, -0.2) is 22.0 Å². The maximum atomic E-state index is 13.3. The van der Waals surface area contributed by atoms with Crippen LogP contribution in [0, 0.1) is 29.1 Å². The summed E-state index contributed by atoms with van der Waals surface area (Å²) in [6.45, 7) is 0. The van der Waals surface area contributed by atoms with Crippen molar-refractivity contribution in [3.05, 3.63) is 34.6 Å². The van der Waals surface area contributed by atoms with E-state index in [9.17, 15) is 26.7 Å². The summed E-state index contributed by atoms with van der Waals surface area (Å²) < 4.78 is 69.5. The highest BCUT2D eigenvalue weighted by Gasteiger charge is 2.25. The second-order valence-electron chi connectivity index (χ2n) is 3.69. The molecule has 1 aromatic rings. The van der Waals surface area contributed by atoms with Gasteiger partial charge in [0.15, 0.2) is 23.3 Å². The molecule has 1 aromatic carbocycles. The van der Waals surface area contributed by atoms with Crippen LogP contribution in [0.25, 0.3) is 0 Å². The topological polar surface area (TPSA) is 52.3 Å². The maximum absolute atomic E-state index is 13.3. The number of thioether (sulfide) groups is 1. The van der Waals surface area contributed by atoms with E-state index >= 15 is 0 Å². The Labute approximate surface area is 115 Å². The number of carbonyl (C=O) groups excluding carboxylic acids is 1. The largest absolute Gasteiger partial charge is 0.468 e. The molecule has 9 heteroatoms. The second-order valence-corrected chi connectivity index (χ2v) is 4.72.